The Labute approximate surface area is 242 Å². The van der Waals surface area contributed by atoms with Gasteiger partial charge in [-0.1, -0.05) is 13.8 Å². The molecule has 2 aliphatic rings. The van der Waals surface area contributed by atoms with Gasteiger partial charge < -0.3 is 53.7 Å². The molecule has 2 aliphatic heterocycles. The smallest absolute Gasteiger partial charge is 0.341 e. The fourth-order valence-corrected chi connectivity index (χ4v) is 5.81. The summed E-state index contributed by atoms with van der Waals surface area (Å²) in [5, 5.41) is 48.7. The quantitative estimate of drug-likeness (QED) is 0.0973. The first-order chi connectivity index (χ1) is 19.9. The first kappa shape index (κ1) is 33.6. The van der Waals surface area contributed by atoms with E-state index in [4.69, 9.17) is 37.7 Å². The predicted molar refractivity (Wildman–Crippen MR) is 141 cm³/mol. The van der Waals surface area contributed by atoms with Crippen LogP contribution in [0.1, 0.15) is 45.8 Å². The second kappa shape index (κ2) is 14.2. The van der Waals surface area contributed by atoms with Gasteiger partial charge in [0.15, 0.2) is 11.1 Å². The molecular formula is C22H37N5O13P2. The number of imidazole rings is 1. The van der Waals surface area contributed by atoms with E-state index in [2.05, 4.69) is 9.97 Å². The lowest BCUT2D eigenvalue weighted by Crippen LogP contribution is -2.40. The maximum absolute atomic E-state index is 10.7. The van der Waals surface area contributed by atoms with Gasteiger partial charge in [-0.2, -0.15) is 0 Å². The minimum absolute atomic E-state index is 0.107. The van der Waals surface area contributed by atoms with Crippen LogP contribution in [0.5, 0.6) is 0 Å². The number of rotatable bonds is 15. The summed E-state index contributed by atoms with van der Waals surface area (Å²) in [6.07, 6.45) is -0.210. The van der Waals surface area contributed by atoms with Crippen LogP contribution in [0.25, 0.3) is 11.2 Å². The second-order valence-electron chi connectivity index (χ2n) is 9.74. The van der Waals surface area contributed by atoms with Crippen LogP contribution in [-0.2, 0) is 39.4 Å². The van der Waals surface area contributed by atoms with E-state index in [1.165, 1.54) is 20.2 Å². The maximum Gasteiger partial charge on any atom is 0.341 e. The second-order valence-corrected chi connectivity index (χ2v) is 11.7. The van der Waals surface area contributed by atoms with Crippen molar-refractivity contribution in [3.8, 4) is 0 Å². The fourth-order valence-electron chi connectivity index (χ4n) is 4.21. The van der Waals surface area contributed by atoms with Crippen molar-refractivity contribution < 1.29 is 62.5 Å². The third-order valence-electron chi connectivity index (χ3n) is 6.79. The number of aryl methyl sites for hydroxylation is 1. The Morgan fingerprint density at radius 2 is 1.67 bits per heavy atom. The van der Waals surface area contributed by atoms with Crippen molar-refractivity contribution in [2.75, 3.05) is 19.8 Å². The summed E-state index contributed by atoms with van der Waals surface area (Å²) in [5.41, 5.74) is 1.16. The molecule has 9 atom stereocenters. The molecular weight excluding hydrogens is 604 g/mol. The van der Waals surface area contributed by atoms with Crippen LogP contribution in [0, 0.1) is 5.41 Å². The molecule has 0 amide bonds. The normalized spacial score (nSPS) is 29.0. The van der Waals surface area contributed by atoms with Crippen LogP contribution < -0.4 is 5.49 Å². The predicted octanol–water partition coefficient (Wildman–Crippen LogP) is -0.319. The Kier molecular flexibility index (Phi) is 11.4. The molecule has 0 aliphatic carbocycles. The van der Waals surface area contributed by atoms with Crippen LogP contribution >= 0.6 is 17.2 Å². The first-order valence-corrected chi connectivity index (χ1v) is 15.5. The van der Waals surface area contributed by atoms with Gasteiger partial charge in [0.05, 0.1) is 38.6 Å². The first-order valence-electron chi connectivity index (χ1n) is 13.2. The maximum atomic E-state index is 10.7. The van der Waals surface area contributed by atoms with Gasteiger partial charge >= 0.3 is 17.2 Å². The van der Waals surface area contributed by atoms with E-state index in [0.29, 0.717) is 24.0 Å². The highest BCUT2D eigenvalue weighted by Crippen LogP contribution is 2.53. The molecule has 2 saturated heterocycles. The largest absolute Gasteiger partial charge is 0.388 e. The van der Waals surface area contributed by atoms with Crippen molar-refractivity contribution >= 4 is 28.4 Å². The van der Waals surface area contributed by atoms with Crippen LogP contribution in [0.15, 0.2) is 12.7 Å². The molecule has 0 saturated carbocycles. The number of aliphatic hydroxyl groups excluding tert-OH is 2. The Morgan fingerprint density at radius 3 is 2.26 bits per heavy atom. The van der Waals surface area contributed by atoms with E-state index in [1.54, 1.807) is 22.5 Å². The van der Waals surface area contributed by atoms with Crippen molar-refractivity contribution in [3.05, 3.63) is 18.1 Å². The molecule has 18 nitrogen and oxygen atoms in total. The van der Waals surface area contributed by atoms with Gasteiger partial charge in [-0.15, -0.1) is 0 Å². The Bertz CT molecular complexity index is 1240. The number of ether oxygens (including phenoxy) is 4. The topological polar surface area (TPSA) is 245 Å². The lowest BCUT2D eigenvalue weighted by Gasteiger charge is -2.31. The summed E-state index contributed by atoms with van der Waals surface area (Å²) in [6.45, 7) is 2.41. The average Bonchev–Trinajstić information content (AvgIpc) is 3.67. The summed E-state index contributed by atoms with van der Waals surface area (Å²) in [5.74, 6) is -4.68. The highest BCUT2D eigenvalue weighted by molar-refractivity contribution is 7.54. The molecule has 7 N–H and O–H groups in total. The van der Waals surface area contributed by atoms with Crippen LogP contribution in [-0.4, -0.2) is 105 Å². The molecule has 0 bridgehead atoms. The van der Waals surface area contributed by atoms with E-state index < -0.39 is 59.8 Å². The molecule has 4 unspecified atom stereocenters. The van der Waals surface area contributed by atoms with Crippen molar-refractivity contribution in [1.82, 2.24) is 19.1 Å². The van der Waals surface area contributed by atoms with Crippen LogP contribution in [0.4, 0.5) is 0 Å². The lowest BCUT2D eigenvalue weighted by molar-refractivity contribution is -0.333. The van der Waals surface area contributed by atoms with Gasteiger partial charge in [-0.3, -0.25) is 19.0 Å². The number of fused-ring (bicyclic) bond motifs is 1. The van der Waals surface area contributed by atoms with Crippen molar-refractivity contribution in [1.29, 1.82) is 5.41 Å². The standard InChI is InChI=1S/C22H37N5O13P2/c1-4-21(30,35-8-13-6-7-16(37-13)27-12-24-17-19(23)26(3)11-25-20(17)27)38-41(32)40-42(33)39-22(31,5-2)36-10-15-18(29)14(28)9-34-15/h11-16,18,23,28-33H,4-10H2,1-3H3/t13-,14-,15+,16+,18-,21?,22?,41?,42?/m0/s1. The highest BCUT2D eigenvalue weighted by Gasteiger charge is 2.41. The number of aromatic nitrogens is 4. The number of hydrogen-bond donors (Lipinski definition) is 7. The lowest BCUT2D eigenvalue weighted by atomic mass is 10.2. The number of hydrogen-bond acceptors (Lipinski definition) is 16. The number of nitrogens with one attached hydrogen (secondary N) is 1. The van der Waals surface area contributed by atoms with E-state index in [9.17, 15) is 30.2 Å². The zero-order valence-electron chi connectivity index (χ0n) is 23.2. The Balaban J connectivity index is 1.24. The fraction of sp³-hybridized carbons (Fsp3) is 0.773. The Hall–Kier alpha value is -1.31. The summed E-state index contributed by atoms with van der Waals surface area (Å²) in [4.78, 5) is 29.0. The van der Waals surface area contributed by atoms with Crippen molar-refractivity contribution in [2.24, 2.45) is 7.05 Å². The van der Waals surface area contributed by atoms with E-state index in [0.717, 1.165) is 0 Å². The zero-order valence-corrected chi connectivity index (χ0v) is 25.0. The van der Waals surface area contributed by atoms with Gasteiger partial charge in [0.1, 0.15) is 30.1 Å². The molecule has 4 heterocycles. The molecule has 238 valence electrons. The van der Waals surface area contributed by atoms with Gasteiger partial charge in [-0.05, 0) is 12.8 Å². The molecule has 4 rings (SSSR count). The average molecular weight is 642 g/mol. The highest BCUT2D eigenvalue weighted by atomic mass is 31.2. The molecule has 0 spiro atoms. The number of aliphatic hydroxyl groups is 4. The van der Waals surface area contributed by atoms with E-state index >= 15 is 0 Å². The monoisotopic (exact) mass is 641 g/mol. The minimum atomic E-state index is -2.97. The summed E-state index contributed by atoms with van der Waals surface area (Å²) < 4.78 is 40.2. The van der Waals surface area contributed by atoms with Crippen LogP contribution in [0.2, 0.25) is 0 Å². The number of nitrogens with zero attached hydrogens (tertiary/aromatic N) is 4. The molecule has 2 aromatic rings. The molecule has 2 fully saturated rings. The minimum Gasteiger partial charge on any atom is -0.388 e. The molecule has 2 aromatic heterocycles. The molecule has 20 heteroatoms. The van der Waals surface area contributed by atoms with E-state index in [-0.39, 0.29) is 38.1 Å². The summed E-state index contributed by atoms with van der Waals surface area (Å²) >= 11 is 0. The van der Waals surface area contributed by atoms with Crippen LogP contribution in [0.3, 0.4) is 0 Å². The Morgan fingerprint density at radius 1 is 1.02 bits per heavy atom. The zero-order chi connectivity index (χ0) is 30.7. The SMILES string of the molecule is CCC(O)(OC[C@@H]1CC[C@H](n2cnc3c(=N)n(C)cnc32)O1)OP(O)OP(O)OC(O)(CC)OC[C@H]1OC[C@H](O)[C@@H]1O. The van der Waals surface area contributed by atoms with Gasteiger partial charge in [-0.25, -0.2) is 14.3 Å². The third-order valence-corrected chi connectivity index (χ3v) is 8.79. The van der Waals surface area contributed by atoms with E-state index in [1.807, 2.05) is 0 Å². The third kappa shape index (κ3) is 8.04. The summed E-state index contributed by atoms with van der Waals surface area (Å²) in [7, 11) is -4.23. The van der Waals surface area contributed by atoms with Crippen molar-refractivity contribution in [2.45, 2.75) is 82.1 Å². The molecule has 0 aromatic carbocycles. The molecule has 42 heavy (non-hydrogen) atoms. The summed E-state index contributed by atoms with van der Waals surface area (Å²) in [6, 6.07) is 0. The van der Waals surface area contributed by atoms with Gasteiger partial charge in [0, 0.05) is 19.9 Å². The van der Waals surface area contributed by atoms with Gasteiger partial charge in [0.2, 0.25) is 0 Å². The van der Waals surface area contributed by atoms with Crippen molar-refractivity contribution in [3.63, 3.8) is 0 Å². The van der Waals surface area contributed by atoms with Gasteiger partial charge in [0.25, 0.3) is 11.9 Å². The molecule has 0 radical (unpaired) electrons.